The molecule has 2 rings (SSSR count). The number of carbonyl (C=O) groups excluding carboxylic acids is 1. The molecule has 0 saturated heterocycles. The zero-order valence-electron chi connectivity index (χ0n) is 11.0. The molecule has 5 nitrogen and oxygen atoms in total. The monoisotopic (exact) mass is 278 g/mol. The van der Waals surface area contributed by atoms with Crippen LogP contribution in [0.4, 0.5) is 0 Å². The quantitative estimate of drug-likeness (QED) is 0.774. The molecule has 19 heavy (non-hydrogen) atoms. The molecule has 0 aliphatic carbocycles. The average Bonchev–Trinajstić information content (AvgIpc) is 3.07. The number of hydrogen-bond donors (Lipinski definition) is 1. The number of rotatable bonds is 7. The molecule has 0 aliphatic heterocycles. The highest BCUT2D eigenvalue weighted by atomic mass is 32.1. The van der Waals surface area contributed by atoms with E-state index in [1.165, 1.54) is 5.56 Å². The van der Waals surface area contributed by atoms with Crippen molar-refractivity contribution in [1.29, 1.82) is 0 Å². The van der Waals surface area contributed by atoms with Crippen molar-refractivity contribution < 1.29 is 4.79 Å². The molecule has 6 heteroatoms. The molecule has 2 aromatic heterocycles. The molecule has 0 radical (unpaired) electrons. The fraction of sp³-hybridized carbons (Fsp3) is 0.385. The van der Waals surface area contributed by atoms with E-state index in [9.17, 15) is 4.79 Å². The lowest BCUT2D eigenvalue weighted by atomic mass is 10.3. The summed E-state index contributed by atoms with van der Waals surface area (Å²) in [6, 6.07) is 3.93. The van der Waals surface area contributed by atoms with Crippen LogP contribution in [-0.4, -0.2) is 40.7 Å². The number of hydrogen-bond acceptors (Lipinski definition) is 4. The highest BCUT2D eigenvalue weighted by Crippen LogP contribution is 2.08. The van der Waals surface area contributed by atoms with Crippen LogP contribution < -0.4 is 5.32 Å². The standard InChI is InChI=1S/C13H18N4OS/c1-16(10-12-3-8-19-11-12)13(18)9-14-5-7-17-6-2-4-15-17/h2-4,6,8,11,14H,5,7,9-10H2,1H3. The van der Waals surface area contributed by atoms with Gasteiger partial charge in [0.2, 0.25) is 5.91 Å². The van der Waals surface area contributed by atoms with Gasteiger partial charge in [-0.2, -0.15) is 16.4 Å². The lowest BCUT2D eigenvalue weighted by molar-refractivity contribution is -0.129. The van der Waals surface area contributed by atoms with Gasteiger partial charge in [-0.1, -0.05) is 0 Å². The van der Waals surface area contributed by atoms with E-state index in [0.29, 0.717) is 13.1 Å². The van der Waals surface area contributed by atoms with Gasteiger partial charge < -0.3 is 10.2 Å². The second-order valence-corrected chi connectivity index (χ2v) is 5.11. The Morgan fingerprint density at radius 2 is 2.47 bits per heavy atom. The van der Waals surface area contributed by atoms with Crippen LogP contribution in [0.25, 0.3) is 0 Å². The minimum atomic E-state index is 0.103. The minimum Gasteiger partial charge on any atom is -0.340 e. The Hall–Kier alpha value is -1.66. The Morgan fingerprint density at radius 3 is 3.16 bits per heavy atom. The smallest absolute Gasteiger partial charge is 0.236 e. The summed E-state index contributed by atoms with van der Waals surface area (Å²) in [7, 11) is 1.83. The van der Waals surface area contributed by atoms with Gasteiger partial charge in [-0.25, -0.2) is 0 Å². The first-order valence-electron chi connectivity index (χ1n) is 6.19. The number of aromatic nitrogens is 2. The summed E-state index contributed by atoms with van der Waals surface area (Å²) in [6.45, 7) is 2.54. The molecule has 2 heterocycles. The van der Waals surface area contributed by atoms with E-state index < -0.39 is 0 Å². The van der Waals surface area contributed by atoms with Crippen molar-refractivity contribution in [2.75, 3.05) is 20.1 Å². The number of thiophene rings is 1. The van der Waals surface area contributed by atoms with Crippen molar-refractivity contribution in [2.45, 2.75) is 13.1 Å². The first-order chi connectivity index (χ1) is 9.25. The van der Waals surface area contributed by atoms with Crippen molar-refractivity contribution in [3.05, 3.63) is 40.8 Å². The Balaban J connectivity index is 1.63. The molecule has 0 unspecified atom stereocenters. The van der Waals surface area contributed by atoms with Crippen molar-refractivity contribution in [2.24, 2.45) is 0 Å². The third-order valence-electron chi connectivity index (χ3n) is 2.78. The number of nitrogens with zero attached hydrogens (tertiary/aromatic N) is 3. The first kappa shape index (κ1) is 13.8. The van der Waals surface area contributed by atoms with Crippen molar-refractivity contribution >= 4 is 17.2 Å². The molecule has 0 aliphatic rings. The van der Waals surface area contributed by atoms with Crippen molar-refractivity contribution in [3.63, 3.8) is 0 Å². The van der Waals surface area contributed by atoms with Gasteiger partial charge in [-0.3, -0.25) is 9.48 Å². The first-order valence-corrected chi connectivity index (χ1v) is 7.13. The van der Waals surface area contributed by atoms with Crippen molar-refractivity contribution in [1.82, 2.24) is 20.0 Å². The maximum absolute atomic E-state index is 11.9. The Kier molecular flexibility index (Phi) is 5.11. The third-order valence-corrected chi connectivity index (χ3v) is 3.51. The third kappa shape index (κ3) is 4.50. The van der Waals surface area contributed by atoms with Crippen LogP contribution in [0.15, 0.2) is 35.3 Å². The minimum absolute atomic E-state index is 0.103. The van der Waals surface area contributed by atoms with Crippen LogP contribution in [0.2, 0.25) is 0 Å². The number of nitrogens with one attached hydrogen (secondary N) is 1. The second kappa shape index (κ2) is 7.06. The van der Waals surface area contributed by atoms with Gasteiger partial charge in [0.15, 0.2) is 0 Å². The SMILES string of the molecule is CN(Cc1ccsc1)C(=O)CNCCn1cccn1. The van der Waals surface area contributed by atoms with E-state index in [-0.39, 0.29) is 5.91 Å². The van der Waals surface area contributed by atoms with Gasteiger partial charge in [0.1, 0.15) is 0 Å². The summed E-state index contributed by atoms with van der Waals surface area (Å²) in [5.74, 6) is 0.103. The lowest BCUT2D eigenvalue weighted by Gasteiger charge is -2.16. The van der Waals surface area contributed by atoms with E-state index >= 15 is 0 Å². The second-order valence-electron chi connectivity index (χ2n) is 4.33. The van der Waals surface area contributed by atoms with Gasteiger partial charge >= 0.3 is 0 Å². The summed E-state index contributed by atoms with van der Waals surface area (Å²) in [4.78, 5) is 13.6. The van der Waals surface area contributed by atoms with Gasteiger partial charge in [0.05, 0.1) is 13.1 Å². The molecule has 0 bridgehead atoms. The Bertz CT molecular complexity index is 481. The Morgan fingerprint density at radius 1 is 1.58 bits per heavy atom. The molecule has 0 aromatic carbocycles. The van der Waals surface area contributed by atoms with Crippen LogP contribution in [0, 0.1) is 0 Å². The van der Waals surface area contributed by atoms with Crippen LogP contribution in [0.5, 0.6) is 0 Å². The Labute approximate surface area is 116 Å². The van der Waals surface area contributed by atoms with E-state index in [1.807, 2.05) is 35.4 Å². The number of likely N-dealkylation sites (N-methyl/N-ethyl adjacent to an activating group) is 1. The maximum Gasteiger partial charge on any atom is 0.236 e. The zero-order chi connectivity index (χ0) is 13.5. The van der Waals surface area contributed by atoms with Crippen molar-refractivity contribution in [3.8, 4) is 0 Å². The highest BCUT2D eigenvalue weighted by Gasteiger charge is 2.08. The number of carbonyl (C=O) groups is 1. The van der Waals surface area contributed by atoms with Crippen LogP contribution >= 0.6 is 11.3 Å². The molecule has 1 N–H and O–H groups in total. The zero-order valence-corrected chi connectivity index (χ0v) is 11.8. The summed E-state index contributed by atoms with van der Waals surface area (Å²) in [5, 5.41) is 11.3. The lowest BCUT2D eigenvalue weighted by Crippen LogP contribution is -2.36. The van der Waals surface area contributed by atoms with Gasteiger partial charge in [0.25, 0.3) is 0 Å². The van der Waals surface area contributed by atoms with Crippen LogP contribution in [0.3, 0.4) is 0 Å². The molecular weight excluding hydrogens is 260 g/mol. The summed E-state index contributed by atoms with van der Waals surface area (Å²) in [5.41, 5.74) is 1.18. The fourth-order valence-corrected chi connectivity index (χ4v) is 2.36. The fourth-order valence-electron chi connectivity index (χ4n) is 1.70. The van der Waals surface area contributed by atoms with E-state index in [4.69, 9.17) is 0 Å². The molecule has 0 spiro atoms. The van der Waals surface area contributed by atoms with Gasteiger partial charge in [-0.05, 0) is 28.5 Å². The average molecular weight is 278 g/mol. The largest absolute Gasteiger partial charge is 0.340 e. The summed E-state index contributed by atoms with van der Waals surface area (Å²) >= 11 is 1.65. The van der Waals surface area contributed by atoms with Gasteiger partial charge in [-0.15, -0.1) is 0 Å². The number of amides is 1. The molecule has 0 saturated carbocycles. The predicted octanol–water partition coefficient (Wildman–Crippen LogP) is 1.19. The molecule has 1 amide bonds. The van der Waals surface area contributed by atoms with E-state index in [2.05, 4.69) is 15.8 Å². The highest BCUT2D eigenvalue weighted by molar-refractivity contribution is 7.07. The molecule has 2 aromatic rings. The van der Waals surface area contributed by atoms with Crippen LogP contribution in [-0.2, 0) is 17.9 Å². The molecule has 0 fully saturated rings. The molecule has 0 atom stereocenters. The topological polar surface area (TPSA) is 50.2 Å². The summed E-state index contributed by atoms with van der Waals surface area (Å²) < 4.78 is 1.84. The van der Waals surface area contributed by atoms with E-state index in [0.717, 1.165) is 13.1 Å². The van der Waals surface area contributed by atoms with Gasteiger partial charge in [0, 0.05) is 32.5 Å². The van der Waals surface area contributed by atoms with Crippen LogP contribution in [0.1, 0.15) is 5.56 Å². The predicted molar refractivity (Wildman–Crippen MR) is 75.9 cm³/mol. The normalized spacial score (nSPS) is 10.6. The van der Waals surface area contributed by atoms with E-state index in [1.54, 1.807) is 22.4 Å². The summed E-state index contributed by atoms with van der Waals surface area (Å²) in [6.07, 6.45) is 3.66. The maximum atomic E-state index is 11.9. The molecular formula is C13H18N4OS. The molecule has 102 valence electrons.